The summed E-state index contributed by atoms with van der Waals surface area (Å²) in [4.78, 5) is 5.58. The lowest BCUT2D eigenvalue weighted by Crippen LogP contribution is -2.10. The highest BCUT2D eigenvalue weighted by atomic mass is 32.1. The first-order chi connectivity index (χ1) is 10.3. The smallest absolute Gasteiger partial charge is 0.202 e. The Morgan fingerprint density at radius 3 is 3.05 bits per heavy atom. The fourth-order valence-electron chi connectivity index (χ4n) is 2.20. The van der Waals surface area contributed by atoms with Crippen molar-refractivity contribution in [1.29, 1.82) is 0 Å². The van der Waals surface area contributed by atoms with Crippen molar-refractivity contribution in [2.45, 2.75) is 26.0 Å². The lowest BCUT2D eigenvalue weighted by molar-refractivity contribution is 0.0910. The van der Waals surface area contributed by atoms with Gasteiger partial charge in [0.05, 0.1) is 12.2 Å². The van der Waals surface area contributed by atoms with Gasteiger partial charge in [0.1, 0.15) is 6.10 Å². The van der Waals surface area contributed by atoms with Gasteiger partial charge in [0.15, 0.2) is 5.82 Å². The SMILES string of the molecule is CCc1cc(-c2nccn2C[C@H](OC)c2cccs2)on1. The fourth-order valence-corrected chi connectivity index (χ4v) is 2.99. The first-order valence-electron chi connectivity index (χ1n) is 6.85. The molecule has 0 spiro atoms. The Bertz CT molecular complexity index is 687. The van der Waals surface area contributed by atoms with Gasteiger partial charge in [-0.05, 0) is 17.9 Å². The second kappa shape index (κ2) is 6.24. The van der Waals surface area contributed by atoms with Crippen LogP contribution in [0.2, 0.25) is 0 Å². The number of hydrogen-bond donors (Lipinski definition) is 0. The van der Waals surface area contributed by atoms with Crippen molar-refractivity contribution < 1.29 is 9.26 Å². The highest BCUT2D eigenvalue weighted by molar-refractivity contribution is 7.10. The van der Waals surface area contributed by atoms with Crippen LogP contribution in [0.1, 0.15) is 23.6 Å². The average Bonchev–Trinajstić information content (AvgIpc) is 3.23. The van der Waals surface area contributed by atoms with Gasteiger partial charge < -0.3 is 13.8 Å². The molecule has 3 rings (SSSR count). The first-order valence-corrected chi connectivity index (χ1v) is 7.73. The molecule has 0 aliphatic rings. The molecule has 0 amide bonds. The van der Waals surface area contributed by atoms with Crippen LogP contribution in [0.3, 0.4) is 0 Å². The van der Waals surface area contributed by atoms with Crippen molar-refractivity contribution in [1.82, 2.24) is 14.7 Å². The van der Waals surface area contributed by atoms with Crippen molar-refractivity contribution in [3.8, 4) is 11.6 Å². The second-order valence-corrected chi connectivity index (χ2v) is 5.66. The van der Waals surface area contributed by atoms with Gasteiger partial charge >= 0.3 is 0 Å². The highest BCUT2D eigenvalue weighted by Gasteiger charge is 2.17. The number of aromatic nitrogens is 3. The van der Waals surface area contributed by atoms with Crippen LogP contribution in [0, 0.1) is 0 Å². The van der Waals surface area contributed by atoms with Gasteiger partial charge in [-0.15, -0.1) is 11.3 Å². The summed E-state index contributed by atoms with van der Waals surface area (Å²) in [5.74, 6) is 1.47. The molecule has 0 aromatic carbocycles. The van der Waals surface area contributed by atoms with Crippen LogP contribution in [-0.4, -0.2) is 21.8 Å². The maximum Gasteiger partial charge on any atom is 0.202 e. The van der Waals surface area contributed by atoms with Crippen LogP contribution in [0.25, 0.3) is 11.6 Å². The number of ether oxygens (including phenoxy) is 1. The van der Waals surface area contributed by atoms with E-state index in [0.29, 0.717) is 12.3 Å². The quantitative estimate of drug-likeness (QED) is 0.699. The van der Waals surface area contributed by atoms with Crippen molar-refractivity contribution >= 4 is 11.3 Å². The molecule has 0 unspecified atom stereocenters. The molecule has 1 atom stereocenters. The molecule has 0 saturated carbocycles. The normalized spacial score (nSPS) is 12.7. The predicted molar refractivity (Wildman–Crippen MR) is 81.2 cm³/mol. The van der Waals surface area contributed by atoms with Gasteiger partial charge in [0.25, 0.3) is 0 Å². The summed E-state index contributed by atoms with van der Waals surface area (Å²) >= 11 is 1.69. The minimum Gasteiger partial charge on any atom is -0.374 e. The Balaban J connectivity index is 1.85. The number of aryl methyl sites for hydroxylation is 1. The first kappa shape index (κ1) is 14.0. The minimum absolute atomic E-state index is 0.00603. The summed E-state index contributed by atoms with van der Waals surface area (Å²) in [6.07, 6.45) is 4.56. The van der Waals surface area contributed by atoms with Crippen LogP contribution >= 0.6 is 11.3 Å². The van der Waals surface area contributed by atoms with Crippen LogP contribution in [0.15, 0.2) is 40.5 Å². The third-order valence-electron chi connectivity index (χ3n) is 3.36. The van der Waals surface area contributed by atoms with E-state index in [4.69, 9.17) is 9.26 Å². The van der Waals surface area contributed by atoms with E-state index in [1.165, 1.54) is 4.88 Å². The van der Waals surface area contributed by atoms with Crippen LogP contribution in [0.4, 0.5) is 0 Å². The summed E-state index contributed by atoms with van der Waals surface area (Å²) in [6.45, 7) is 2.74. The third-order valence-corrected chi connectivity index (χ3v) is 4.33. The van der Waals surface area contributed by atoms with Gasteiger partial charge in [-0.3, -0.25) is 0 Å². The largest absolute Gasteiger partial charge is 0.374 e. The van der Waals surface area contributed by atoms with E-state index >= 15 is 0 Å². The number of thiophene rings is 1. The van der Waals surface area contributed by atoms with E-state index in [1.807, 2.05) is 29.8 Å². The van der Waals surface area contributed by atoms with Crippen molar-refractivity contribution in [2.75, 3.05) is 7.11 Å². The van der Waals surface area contributed by atoms with Crippen LogP contribution in [-0.2, 0) is 17.7 Å². The summed E-state index contributed by atoms with van der Waals surface area (Å²) < 4.78 is 13.0. The lowest BCUT2D eigenvalue weighted by Gasteiger charge is -2.15. The van der Waals surface area contributed by atoms with E-state index in [-0.39, 0.29) is 6.10 Å². The molecular weight excluding hydrogens is 286 g/mol. The molecule has 0 N–H and O–H groups in total. The molecule has 3 aromatic rings. The molecule has 0 aliphatic heterocycles. The molecule has 0 aliphatic carbocycles. The molecule has 110 valence electrons. The van der Waals surface area contributed by atoms with Gasteiger partial charge in [0.2, 0.25) is 5.76 Å². The second-order valence-electron chi connectivity index (χ2n) is 4.68. The lowest BCUT2D eigenvalue weighted by atomic mass is 10.2. The number of methoxy groups -OCH3 is 1. The molecule has 0 radical (unpaired) electrons. The van der Waals surface area contributed by atoms with Gasteiger partial charge in [0, 0.05) is 30.4 Å². The fraction of sp³-hybridized carbons (Fsp3) is 0.333. The summed E-state index contributed by atoms with van der Waals surface area (Å²) in [5, 5.41) is 6.08. The number of nitrogens with zero attached hydrogens (tertiary/aromatic N) is 3. The van der Waals surface area contributed by atoms with E-state index in [9.17, 15) is 0 Å². The molecule has 0 fully saturated rings. The standard InChI is InChI=1S/C15H17N3O2S/c1-3-11-9-12(20-17-11)15-16-6-7-18(15)10-13(19-2)14-5-4-8-21-14/h4-9,13H,3,10H2,1-2H3/t13-/m0/s1. The zero-order chi connectivity index (χ0) is 14.7. The number of rotatable bonds is 6. The highest BCUT2D eigenvalue weighted by Crippen LogP contribution is 2.26. The average molecular weight is 303 g/mol. The number of imidazole rings is 1. The van der Waals surface area contributed by atoms with Crippen LogP contribution in [0.5, 0.6) is 0 Å². The summed E-state index contributed by atoms with van der Waals surface area (Å²) in [6, 6.07) is 6.05. The van der Waals surface area contributed by atoms with E-state index in [1.54, 1.807) is 24.6 Å². The van der Waals surface area contributed by atoms with Crippen molar-refractivity contribution in [3.05, 3.63) is 46.5 Å². The molecule has 5 nitrogen and oxygen atoms in total. The van der Waals surface area contributed by atoms with Gasteiger partial charge in [-0.2, -0.15) is 0 Å². The molecule has 3 aromatic heterocycles. The van der Waals surface area contributed by atoms with Gasteiger partial charge in [-0.25, -0.2) is 4.98 Å². The molecule has 21 heavy (non-hydrogen) atoms. The monoisotopic (exact) mass is 303 g/mol. The predicted octanol–water partition coefficient (Wildman–Crippen LogP) is 3.55. The molecule has 3 heterocycles. The topological polar surface area (TPSA) is 53.1 Å². The Morgan fingerprint density at radius 2 is 2.38 bits per heavy atom. The summed E-state index contributed by atoms with van der Waals surface area (Å²) in [7, 11) is 1.73. The van der Waals surface area contributed by atoms with Crippen molar-refractivity contribution in [2.24, 2.45) is 0 Å². The third kappa shape index (κ3) is 2.91. The Labute approximate surface area is 127 Å². The maximum atomic E-state index is 5.60. The molecule has 6 heteroatoms. The molecule has 0 bridgehead atoms. The van der Waals surface area contributed by atoms with E-state index in [0.717, 1.165) is 17.9 Å². The van der Waals surface area contributed by atoms with E-state index < -0.39 is 0 Å². The molecule has 0 saturated heterocycles. The minimum atomic E-state index is 0.00603. The Kier molecular flexibility index (Phi) is 4.17. The Hall–Kier alpha value is -1.92. The Morgan fingerprint density at radius 1 is 1.48 bits per heavy atom. The van der Waals surface area contributed by atoms with E-state index in [2.05, 4.69) is 21.6 Å². The van der Waals surface area contributed by atoms with Gasteiger partial charge in [-0.1, -0.05) is 18.1 Å². The van der Waals surface area contributed by atoms with Crippen LogP contribution < -0.4 is 0 Å². The summed E-state index contributed by atoms with van der Waals surface area (Å²) in [5.41, 5.74) is 0.932. The maximum absolute atomic E-state index is 5.60. The van der Waals surface area contributed by atoms with Crippen molar-refractivity contribution in [3.63, 3.8) is 0 Å². The zero-order valence-corrected chi connectivity index (χ0v) is 12.8. The zero-order valence-electron chi connectivity index (χ0n) is 12.0. The molecular formula is C15H17N3O2S. The number of hydrogen-bond acceptors (Lipinski definition) is 5.